The number of nitrogens with one attached hydrogen (secondary N) is 1. The van der Waals surface area contributed by atoms with Gasteiger partial charge in [-0.2, -0.15) is 5.10 Å². The molecule has 0 aromatic carbocycles. The molecule has 4 rings (SSSR count). The number of aliphatic hydroxyl groups is 1. The molecule has 156 valence electrons. The van der Waals surface area contributed by atoms with Gasteiger partial charge >= 0.3 is 6.03 Å². The highest BCUT2D eigenvalue weighted by Gasteiger charge is 2.27. The lowest BCUT2D eigenvalue weighted by Crippen LogP contribution is -2.20. The SMILES string of the molecule is CC(C)n1nc(S(N)(=O)=NC(=O)Nc2c3c(nc4c2CCC4)CCC3)cc1CO. The Labute approximate surface area is 170 Å². The Kier molecular flexibility index (Phi) is 5.18. The molecular formula is C19H26N6O3S. The number of nitrogens with zero attached hydrogens (tertiary/aromatic N) is 4. The average molecular weight is 419 g/mol. The summed E-state index contributed by atoms with van der Waals surface area (Å²) >= 11 is 0. The van der Waals surface area contributed by atoms with Crippen molar-refractivity contribution in [1.29, 1.82) is 0 Å². The van der Waals surface area contributed by atoms with Gasteiger partial charge in [0.1, 0.15) is 0 Å². The van der Waals surface area contributed by atoms with E-state index in [1.807, 2.05) is 13.8 Å². The van der Waals surface area contributed by atoms with Gasteiger partial charge in [0.05, 0.1) is 18.0 Å². The van der Waals surface area contributed by atoms with Gasteiger partial charge in [-0.05, 0) is 63.5 Å². The van der Waals surface area contributed by atoms with Crippen molar-refractivity contribution in [3.05, 3.63) is 34.3 Å². The van der Waals surface area contributed by atoms with Gasteiger partial charge in [-0.1, -0.05) is 0 Å². The van der Waals surface area contributed by atoms with Gasteiger partial charge in [-0.25, -0.2) is 14.1 Å². The Morgan fingerprint density at radius 1 is 1.28 bits per heavy atom. The largest absolute Gasteiger partial charge is 0.390 e. The van der Waals surface area contributed by atoms with Crippen LogP contribution in [0.1, 0.15) is 60.9 Å². The van der Waals surface area contributed by atoms with Crippen molar-refractivity contribution in [2.45, 2.75) is 70.0 Å². The molecule has 4 N–H and O–H groups in total. The second-order valence-electron chi connectivity index (χ2n) is 7.80. The minimum Gasteiger partial charge on any atom is -0.390 e. The Bertz CT molecular complexity index is 1070. The number of aryl methyl sites for hydroxylation is 2. The molecule has 1 unspecified atom stereocenters. The number of nitrogens with two attached hydrogens (primary N) is 1. The summed E-state index contributed by atoms with van der Waals surface area (Å²) in [5, 5.41) is 22.4. The van der Waals surface area contributed by atoms with Crippen molar-refractivity contribution < 1.29 is 14.1 Å². The van der Waals surface area contributed by atoms with Crippen LogP contribution in [0, 0.1) is 0 Å². The molecule has 0 fully saturated rings. The minimum absolute atomic E-state index is 0.0180. The molecule has 10 heteroatoms. The van der Waals surface area contributed by atoms with Crippen LogP contribution in [-0.4, -0.2) is 30.1 Å². The molecule has 29 heavy (non-hydrogen) atoms. The number of pyridine rings is 1. The lowest BCUT2D eigenvalue weighted by atomic mass is 10.1. The summed E-state index contributed by atoms with van der Waals surface area (Å²) in [5.41, 5.74) is 5.44. The van der Waals surface area contributed by atoms with E-state index in [0.717, 1.165) is 66.7 Å². The molecular weight excluding hydrogens is 392 g/mol. The number of fused-ring (bicyclic) bond motifs is 2. The maximum Gasteiger partial charge on any atom is 0.354 e. The highest BCUT2D eigenvalue weighted by Crippen LogP contribution is 2.36. The fraction of sp³-hybridized carbons (Fsp3) is 0.526. The maximum absolute atomic E-state index is 12.9. The Morgan fingerprint density at radius 2 is 1.90 bits per heavy atom. The first kappa shape index (κ1) is 20.0. The molecule has 2 aromatic heterocycles. The summed E-state index contributed by atoms with van der Waals surface area (Å²) < 4.78 is 18.2. The van der Waals surface area contributed by atoms with E-state index < -0.39 is 15.9 Å². The second-order valence-corrected chi connectivity index (χ2v) is 9.54. The van der Waals surface area contributed by atoms with Gasteiger partial charge in [-0.3, -0.25) is 9.67 Å². The van der Waals surface area contributed by atoms with Gasteiger partial charge < -0.3 is 10.4 Å². The van der Waals surface area contributed by atoms with Crippen molar-refractivity contribution in [2.75, 3.05) is 5.32 Å². The van der Waals surface area contributed by atoms with Crippen LogP contribution in [0.5, 0.6) is 0 Å². The lowest BCUT2D eigenvalue weighted by molar-refractivity contribution is 0.260. The van der Waals surface area contributed by atoms with Crippen LogP contribution in [0.3, 0.4) is 0 Å². The molecule has 0 spiro atoms. The molecule has 2 amide bonds. The molecule has 2 aliphatic rings. The standard InChI is InChI=1S/C19H26N6O3S/c1-11(2)25-12(10-26)9-17(23-25)29(20,28)24-19(27)22-18-13-5-3-7-15(13)21-16-8-4-6-14(16)18/h9,11,26H,3-8,10H2,1-2H3,(H3,20,21,22,24,27,28). The lowest BCUT2D eigenvalue weighted by Gasteiger charge is -2.14. The number of hydrogen-bond acceptors (Lipinski definition) is 5. The zero-order chi connectivity index (χ0) is 20.8. The zero-order valence-corrected chi connectivity index (χ0v) is 17.5. The first-order chi connectivity index (χ1) is 13.8. The van der Waals surface area contributed by atoms with Crippen LogP contribution < -0.4 is 10.5 Å². The van der Waals surface area contributed by atoms with Crippen molar-refractivity contribution in [3.8, 4) is 0 Å². The monoisotopic (exact) mass is 418 g/mol. The third-order valence-corrected chi connectivity index (χ3v) is 6.68. The van der Waals surface area contributed by atoms with E-state index in [-0.39, 0.29) is 17.7 Å². The van der Waals surface area contributed by atoms with Crippen LogP contribution in [0.25, 0.3) is 0 Å². The summed E-state index contributed by atoms with van der Waals surface area (Å²) in [7, 11) is -3.55. The molecule has 0 radical (unpaired) electrons. The number of carbonyl (C=O) groups is 1. The van der Waals surface area contributed by atoms with Gasteiger partial charge in [0.15, 0.2) is 14.9 Å². The number of aliphatic hydroxyl groups excluding tert-OH is 1. The van der Waals surface area contributed by atoms with Crippen molar-refractivity contribution >= 4 is 21.6 Å². The number of urea groups is 1. The fourth-order valence-electron chi connectivity index (χ4n) is 4.15. The summed E-state index contributed by atoms with van der Waals surface area (Å²) in [4.78, 5) is 17.4. The Hall–Kier alpha value is -2.30. The molecule has 1 atom stereocenters. The smallest absolute Gasteiger partial charge is 0.354 e. The van der Waals surface area contributed by atoms with Crippen molar-refractivity contribution in [1.82, 2.24) is 14.8 Å². The first-order valence-corrected chi connectivity index (χ1v) is 11.5. The van der Waals surface area contributed by atoms with Crippen molar-refractivity contribution in [3.63, 3.8) is 0 Å². The molecule has 2 aromatic rings. The van der Waals surface area contributed by atoms with Crippen LogP contribution in [0.15, 0.2) is 15.5 Å². The van der Waals surface area contributed by atoms with Crippen LogP contribution in [0.2, 0.25) is 0 Å². The first-order valence-electron chi connectivity index (χ1n) is 9.89. The number of anilines is 1. The fourth-order valence-corrected chi connectivity index (χ4v) is 5.05. The summed E-state index contributed by atoms with van der Waals surface area (Å²) in [6.07, 6.45) is 5.56. The highest BCUT2D eigenvalue weighted by atomic mass is 32.2. The number of aromatic nitrogens is 3. The third-order valence-electron chi connectivity index (χ3n) is 5.44. The van der Waals surface area contributed by atoms with E-state index in [1.165, 1.54) is 10.7 Å². The van der Waals surface area contributed by atoms with E-state index in [0.29, 0.717) is 5.69 Å². The summed E-state index contributed by atoms with van der Waals surface area (Å²) in [6.45, 7) is 3.48. The van der Waals surface area contributed by atoms with E-state index in [9.17, 15) is 14.1 Å². The molecule has 0 saturated carbocycles. The van der Waals surface area contributed by atoms with E-state index in [1.54, 1.807) is 0 Å². The molecule has 2 heterocycles. The Balaban J connectivity index is 1.67. The molecule has 9 nitrogen and oxygen atoms in total. The van der Waals surface area contributed by atoms with Gasteiger partial charge in [0.2, 0.25) is 0 Å². The van der Waals surface area contributed by atoms with E-state index in [2.05, 4.69) is 14.8 Å². The minimum atomic E-state index is -3.55. The molecule has 0 aliphatic heterocycles. The quantitative estimate of drug-likeness (QED) is 0.700. The average Bonchev–Trinajstić information content (AvgIpc) is 3.39. The van der Waals surface area contributed by atoms with E-state index in [4.69, 9.17) is 10.1 Å². The van der Waals surface area contributed by atoms with Gasteiger partial charge in [0, 0.05) is 23.5 Å². The maximum atomic E-state index is 12.9. The van der Waals surface area contributed by atoms with Crippen molar-refractivity contribution in [2.24, 2.45) is 9.50 Å². The molecule has 0 saturated heterocycles. The zero-order valence-electron chi connectivity index (χ0n) is 16.6. The number of amides is 2. The number of hydrogen-bond donors (Lipinski definition) is 3. The molecule has 2 aliphatic carbocycles. The van der Waals surface area contributed by atoms with Gasteiger partial charge in [-0.15, -0.1) is 4.36 Å². The van der Waals surface area contributed by atoms with Crippen LogP contribution >= 0.6 is 0 Å². The molecule has 0 bridgehead atoms. The predicted octanol–water partition coefficient (Wildman–Crippen LogP) is 2.26. The van der Waals surface area contributed by atoms with Crippen LogP contribution in [0.4, 0.5) is 10.5 Å². The second kappa shape index (κ2) is 7.51. The Morgan fingerprint density at radius 3 is 2.41 bits per heavy atom. The topological polar surface area (TPSA) is 135 Å². The predicted molar refractivity (Wildman–Crippen MR) is 109 cm³/mol. The summed E-state index contributed by atoms with van der Waals surface area (Å²) in [6, 6.07) is 0.620. The normalized spacial score (nSPS) is 17.1. The third kappa shape index (κ3) is 3.67. The van der Waals surface area contributed by atoms with Gasteiger partial charge in [0.25, 0.3) is 0 Å². The van der Waals surface area contributed by atoms with Crippen LogP contribution in [-0.2, 0) is 42.2 Å². The number of carbonyl (C=O) groups excluding carboxylic acids is 1. The number of rotatable bonds is 4. The van der Waals surface area contributed by atoms with E-state index >= 15 is 0 Å². The summed E-state index contributed by atoms with van der Waals surface area (Å²) in [5.74, 6) is 0. The highest BCUT2D eigenvalue weighted by molar-refractivity contribution is 7.91.